The molecule has 12 aromatic rings. The van der Waals surface area contributed by atoms with Crippen molar-refractivity contribution in [1.29, 1.82) is 0 Å². The number of fused-ring (bicyclic) bond motifs is 10. The smallest absolute Gasteiger partial charge is 0.256 e. The van der Waals surface area contributed by atoms with Crippen molar-refractivity contribution in [2.45, 2.75) is 79.6 Å². The van der Waals surface area contributed by atoms with Gasteiger partial charge in [0, 0.05) is 61.5 Å². The molecular weight excluding hydrogens is 970 g/mol. The van der Waals surface area contributed by atoms with Gasteiger partial charge in [0.2, 0.25) is 0 Å². The largest absolute Gasteiger partial charge is 0.458 e. The summed E-state index contributed by atoms with van der Waals surface area (Å²) < 4.78 is 12.5. The minimum Gasteiger partial charge on any atom is -0.458 e. The number of rotatable bonds is 12. The third-order valence-electron chi connectivity index (χ3n) is 17.8. The molecule has 2 aliphatic heterocycles. The van der Waals surface area contributed by atoms with E-state index in [4.69, 9.17) is 4.74 Å². The second-order valence-corrected chi connectivity index (χ2v) is 24.4. The van der Waals surface area contributed by atoms with Gasteiger partial charge in [0.15, 0.2) is 0 Å². The Morgan fingerprint density at radius 2 is 0.925 bits per heavy atom. The molecule has 0 radical (unpaired) electrons. The van der Waals surface area contributed by atoms with E-state index in [0.717, 1.165) is 41.4 Å². The molecule has 0 saturated carbocycles. The highest BCUT2D eigenvalue weighted by Crippen LogP contribution is 2.51. The Bertz CT molecular complexity index is 4170. The van der Waals surface area contributed by atoms with Gasteiger partial charge in [-0.15, -0.1) is 0 Å². The lowest BCUT2D eigenvalue weighted by atomic mass is 9.34. The first kappa shape index (κ1) is 49.7. The number of nitrogens with zero attached hydrogens (tertiary/aromatic N) is 3. The fourth-order valence-electron chi connectivity index (χ4n) is 14.0. The fraction of sp³-hybridized carbons (Fsp3) is 0.200. The van der Waals surface area contributed by atoms with Crippen LogP contribution in [0.5, 0.6) is 11.5 Å². The third-order valence-corrected chi connectivity index (χ3v) is 17.8. The van der Waals surface area contributed by atoms with Gasteiger partial charge in [0.05, 0.1) is 27.8 Å². The van der Waals surface area contributed by atoms with E-state index in [9.17, 15) is 0 Å². The van der Waals surface area contributed by atoms with Gasteiger partial charge in [0.1, 0.15) is 11.5 Å². The zero-order valence-corrected chi connectivity index (χ0v) is 47.2. The number of hydrogen-bond acceptors (Lipinski definition) is 2. The van der Waals surface area contributed by atoms with Crippen LogP contribution in [0.1, 0.15) is 78.9 Å². The van der Waals surface area contributed by atoms with Crippen LogP contribution in [0.25, 0.3) is 77.2 Å². The molecule has 2 aromatic heterocycles. The molecule has 2 aliphatic rings. The minimum atomic E-state index is -0.126. The number of aryl methyl sites for hydroxylation is 1. The van der Waals surface area contributed by atoms with E-state index in [2.05, 4.69) is 281 Å². The van der Waals surface area contributed by atoms with Crippen LogP contribution in [0, 0.1) is 17.8 Å². The quantitative estimate of drug-likeness (QED) is 0.0899. The predicted octanol–water partition coefficient (Wildman–Crippen LogP) is 18.6. The molecule has 0 bridgehead atoms. The van der Waals surface area contributed by atoms with E-state index < -0.39 is 0 Å². The van der Waals surface area contributed by atoms with Crippen LogP contribution in [-0.4, -0.2) is 15.8 Å². The summed E-state index contributed by atoms with van der Waals surface area (Å²) in [5.41, 5.74) is 21.3. The van der Waals surface area contributed by atoms with Crippen LogP contribution in [0.15, 0.2) is 218 Å². The molecule has 0 spiro atoms. The molecule has 0 amide bonds. The molecule has 0 fully saturated rings. The maximum absolute atomic E-state index is 7.56. The van der Waals surface area contributed by atoms with Crippen molar-refractivity contribution in [3.05, 3.63) is 230 Å². The van der Waals surface area contributed by atoms with E-state index in [1.165, 1.54) is 118 Å². The fourth-order valence-corrected chi connectivity index (χ4v) is 14.0. The van der Waals surface area contributed by atoms with E-state index in [1.54, 1.807) is 0 Å². The van der Waals surface area contributed by atoms with Gasteiger partial charge in [-0.05, 0) is 148 Å². The van der Waals surface area contributed by atoms with Gasteiger partial charge in [-0.25, -0.2) is 0 Å². The molecule has 10 aromatic carbocycles. The molecule has 392 valence electrons. The molecule has 0 atom stereocenters. The summed E-state index contributed by atoms with van der Waals surface area (Å²) in [6.07, 6.45) is 4.47. The van der Waals surface area contributed by atoms with E-state index >= 15 is 0 Å². The van der Waals surface area contributed by atoms with Crippen molar-refractivity contribution in [1.82, 2.24) is 9.13 Å². The Labute approximate surface area is 472 Å². The second-order valence-electron chi connectivity index (χ2n) is 24.4. The highest BCUT2D eigenvalue weighted by atomic mass is 16.5. The maximum atomic E-state index is 7.56. The Hall–Kier alpha value is -8.54. The maximum Gasteiger partial charge on any atom is 0.256 e. The summed E-state index contributed by atoms with van der Waals surface area (Å²) in [4.78, 5) is 2.66. The molecule has 4 heterocycles. The summed E-state index contributed by atoms with van der Waals surface area (Å²) in [5, 5.41) is 4.99. The summed E-state index contributed by atoms with van der Waals surface area (Å²) in [6, 6.07) is 81.8. The molecule has 0 aliphatic carbocycles. The molecule has 4 nitrogen and oxygen atoms in total. The number of hydrogen-bond donors (Lipinski definition) is 0. The summed E-state index contributed by atoms with van der Waals surface area (Å²) >= 11 is 0. The molecule has 14 rings (SSSR count). The molecule has 0 N–H and O–H groups in total. The number of unbranched alkanes of at least 4 members (excludes halogenated alkanes) is 1. The van der Waals surface area contributed by atoms with Crippen LogP contribution < -0.4 is 26.0 Å². The highest BCUT2D eigenvalue weighted by molar-refractivity contribution is 6.99. The summed E-state index contributed by atoms with van der Waals surface area (Å²) in [6.45, 7) is 16.5. The van der Waals surface area contributed by atoms with Gasteiger partial charge >= 0.3 is 0 Å². The lowest BCUT2D eigenvalue weighted by Crippen LogP contribution is -2.59. The molecule has 0 saturated heterocycles. The average molecular weight is 1040 g/mol. The molecular formula is C75H68BN3O. The molecule has 5 heteroatoms. The number of anilines is 3. The topological polar surface area (TPSA) is 22.3 Å². The standard InChI is InChI=1S/C75H68BN3O/c1-48(2)56(49(3)4)29-15-14-24-50-42-70-73-72(43-50)80-71-47-55(78-67-36-22-18-32-59(67)60-33-19-23-37-68(60)78)39-41-64(71)76(73)63-40-38-54(77-65-34-20-16-30-57(65)58-31-17-21-35-66(58)77)46-69(63)79(70)74-61(51-25-10-8-11-26-51)44-53(75(5,6)7)45-62(74)52-27-12-9-13-28-52/h8-13,16-23,25-28,30-49,56H,14-15,24,29H2,1-7H3. The van der Waals surface area contributed by atoms with Crippen LogP contribution in [-0.2, 0) is 11.8 Å². The van der Waals surface area contributed by atoms with Crippen LogP contribution in [0.2, 0.25) is 0 Å². The van der Waals surface area contributed by atoms with Crippen molar-refractivity contribution in [3.63, 3.8) is 0 Å². The van der Waals surface area contributed by atoms with E-state index in [0.29, 0.717) is 17.8 Å². The Balaban J connectivity index is 1.06. The third kappa shape index (κ3) is 8.27. The number of ether oxygens (including phenoxy) is 1. The van der Waals surface area contributed by atoms with Crippen molar-refractivity contribution in [2.75, 3.05) is 4.90 Å². The minimum absolute atomic E-state index is 0.115. The second kappa shape index (κ2) is 19.7. The Kier molecular flexibility index (Phi) is 12.2. The first-order chi connectivity index (χ1) is 39.0. The SMILES string of the molecule is CC(C)C(CCCCc1cc2c3c(c1)N(c1c(-c4ccccc4)cc(C(C)(C)C)cc1-c1ccccc1)c1cc(-n4c5ccccc5c5ccccc54)ccc1B3c1ccc(-n3c4ccccc4c4ccccc43)cc1O2)C(C)C. The van der Waals surface area contributed by atoms with Gasteiger partial charge in [0.25, 0.3) is 6.71 Å². The zero-order chi connectivity index (χ0) is 54.4. The van der Waals surface area contributed by atoms with Gasteiger partial charge in [-0.1, -0.05) is 200 Å². The van der Waals surface area contributed by atoms with Crippen molar-refractivity contribution < 1.29 is 4.74 Å². The first-order valence-electron chi connectivity index (χ1n) is 29.2. The van der Waals surface area contributed by atoms with Crippen molar-refractivity contribution >= 4 is 83.8 Å². The predicted molar refractivity (Wildman–Crippen MR) is 341 cm³/mol. The number of benzene rings is 10. The van der Waals surface area contributed by atoms with E-state index in [1.807, 2.05) is 0 Å². The van der Waals surface area contributed by atoms with E-state index in [-0.39, 0.29) is 12.1 Å². The van der Waals surface area contributed by atoms with Gasteiger partial charge < -0.3 is 18.8 Å². The molecule has 0 unspecified atom stereocenters. The van der Waals surface area contributed by atoms with Crippen LogP contribution in [0.4, 0.5) is 17.1 Å². The van der Waals surface area contributed by atoms with Crippen molar-refractivity contribution in [3.8, 4) is 45.1 Å². The molecule has 80 heavy (non-hydrogen) atoms. The zero-order valence-electron chi connectivity index (χ0n) is 47.2. The Morgan fingerprint density at radius 3 is 1.43 bits per heavy atom. The number of aromatic nitrogens is 2. The number of para-hydroxylation sites is 4. The van der Waals surface area contributed by atoms with Gasteiger partial charge in [-0.3, -0.25) is 0 Å². The summed E-state index contributed by atoms with van der Waals surface area (Å²) in [7, 11) is 0. The first-order valence-corrected chi connectivity index (χ1v) is 29.2. The average Bonchev–Trinajstić information content (AvgIpc) is 4.10. The van der Waals surface area contributed by atoms with Crippen molar-refractivity contribution in [2.24, 2.45) is 17.8 Å². The highest BCUT2D eigenvalue weighted by Gasteiger charge is 2.44. The van der Waals surface area contributed by atoms with Gasteiger partial charge in [-0.2, -0.15) is 0 Å². The normalized spacial score (nSPS) is 13.0. The summed E-state index contributed by atoms with van der Waals surface area (Å²) in [5.74, 6) is 3.85. The van der Waals surface area contributed by atoms with Crippen LogP contribution in [0.3, 0.4) is 0 Å². The Morgan fingerprint density at radius 1 is 0.450 bits per heavy atom. The monoisotopic (exact) mass is 1040 g/mol. The van der Waals surface area contributed by atoms with Crippen LogP contribution >= 0.6 is 0 Å². The lowest BCUT2D eigenvalue weighted by Gasteiger charge is -2.42. The lowest BCUT2D eigenvalue weighted by molar-refractivity contribution is 0.262.